The number of carbonyl (C=O) groups is 1. The average molecular weight is 438 g/mol. The molecule has 172 valence electrons. The number of fused-ring (bicyclic) bond motifs is 1. The summed E-state index contributed by atoms with van der Waals surface area (Å²) in [6.45, 7) is 9.96. The van der Waals surface area contributed by atoms with Crippen LogP contribution in [0.25, 0.3) is 0 Å². The van der Waals surface area contributed by atoms with Crippen LogP contribution in [0.1, 0.15) is 60.9 Å². The van der Waals surface area contributed by atoms with Crippen molar-refractivity contribution in [2.45, 2.75) is 65.1 Å². The molecule has 1 fully saturated rings. The SMILES string of the molecule is CNc1nc([C@@H]2CCCN2C)nc2c1CCN(C(=O)C(C)(C)Oc1cccc(C)c1C)C2. The van der Waals surface area contributed by atoms with E-state index in [-0.39, 0.29) is 11.9 Å². The van der Waals surface area contributed by atoms with Crippen molar-refractivity contribution in [3.8, 4) is 5.75 Å². The molecule has 4 rings (SSSR count). The number of benzene rings is 1. The van der Waals surface area contributed by atoms with Crippen molar-refractivity contribution in [2.75, 3.05) is 32.5 Å². The van der Waals surface area contributed by atoms with Gasteiger partial charge in [-0.25, -0.2) is 9.97 Å². The molecule has 0 aliphatic carbocycles. The highest BCUT2D eigenvalue weighted by molar-refractivity contribution is 5.85. The average Bonchev–Trinajstić information content (AvgIpc) is 3.20. The van der Waals surface area contributed by atoms with E-state index in [4.69, 9.17) is 14.7 Å². The number of ether oxygens (including phenoxy) is 1. The lowest BCUT2D eigenvalue weighted by molar-refractivity contribution is -0.146. The summed E-state index contributed by atoms with van der Waals surface area (Å²) in [6, 6.07) is 6.19. The van der Waals surface area contributed by atoms with Crippen LogP contribution < -0.4 is 10.1 Å². The summed E-state index contributed by atoms with van der Waals surface area (Å²) < 4.78 is 6.24. The van der Waals surface area contributed by atoms with E-state index in [9.17, 15) is 4.79 Å². The van der Waals surface area contributed by atoms with Gasteiger partial charge in [-0.05, 0) is 77.7 Å². The van der Waals surface area contributed by atoms with Gasteiger partial charge in [0.15, 0.2) is 5.60 Å². The van der Waals surface area contributed by atoms with Gasteiger partial charge in [0, 0.05) is 19.2 Å². The van der Waals surface area contributed by atoms with Crippen LogP contribution in [0.4, 0.5) is 5.82 Å². The monoisotopic (exact) mass is 437 g/mol. The van der Waals surface area contributed by atoms with Gasteiger partial charge in [0.25, 0.3) is 5.91 Å². The van der Waals surface area contributed by atoms with Crippen molar-refractivity contribution in [1.29, 1.82) is 0 Å². The fourth-order valence-corrected chi connectivity index (χ4v) is 4.75. The minimum atomic E-state index is -0.969. The number of aryl methyl sites for hydroxylation is 1. The summed E-state index contributed by atoms with van der Waals surface area (Å²) in [5.74, 6) is 2.48. The van der Waals surface area contributed by atoms with Crippen molar-refractivity contribution < 1.29 is 9.53 Å². The number of anilines is 1. The molecule has 0 saturated carbocycles. The van der Waals surface area contributed by atoms with Gasteiger partial charge in [0.1, 0.15) is 17.4 Å². The third kappa shape index (κ3) is 4.18. The first kappa shape index (κ1) is 22.5. The lowest BCUT2D eigenvalue weighted by Crippen LogP contribution is -2.50. The standard InChI is InChI=1S/C25H35N5O2/c1-16-9-7-11-21(17(16)2)32-25(3,4)24(31)30-14-12-18-19(15-30)27-23(28-22(18)26-5)20-10-8-13-29(20)6/h7,9,11,20H,8,10,12-15H2,1-6H3,(H,26,27,28)/t20-/m0/s1. The molecule has 2 aromatic rings. The minimum Gasteiger partial charge on any atom is -0.478 e. The number of nitrogens with one attached hydrogen (secondary N) is 1. The summed E-state index contributed by atoms with van der Waals surface area (Å²) in [6.07, 6.45) is 2.96. The van der Waals surface area contributed by atoms with Crippen LogP contribution in [-0.4, -0.2) is 58.5 Å². The van der Waals surface area contributed by atoms with Crippen LogP contribution >= 0.6 is 0 Å². The lowest BCUT2D eigenvalue weighted by atomic mass is 10.0. The molecule has 32 heavy (non-hydrogen) atoms. The quantitative estimate of drug-likeness (QED) is 0.770. The van der Waals surface area contributed by atoms with Gasteiger partial charge in [-0.15, -0.1) is 0 Å². The summed E-state index contributed by atoms with van der Waals surface area (Å²) in [7, 11) is 4.03. The Kier molecular flexibility index (Phi) is 6.12. The molecule has 7 nitrogen and oxygen atoms in total. The maximum atomic E-state index is 13.5. The zero-order valence-corrected chi connectivity index (χ0v) is 20.2. The zero-order chi connectivity index (χ0) is 23.0. The molecule has 1 amide bonds. The Hall–Kier alpha value is -2.67. The molecule has 1 atom stereocenters. The van der Waals surface area contributed by atoms with E-state index in [1.807, 2.05) is 44.9 Å². The van der Waals surface area contributed by atoms with Gasteiger partial charge in [-0.2, -0.15) is 0 Å². The van der Waals surface area contributed by atoms with E-state index < -0.39 is 5.60 Å². The first-order chi connectivity index (χ1) is 15.2. The van der Waals surface area contributed by atoms with Gasteiger partial charge in [-0.3, -0.25) is 9.69 Å². The maximum Gasteiger partial charge on any atom is 0.266 e. The smallest absolute Gasteiger partial charge is 0.266 e. The second-order valence-electron chi connectivity index (χ2n) is 9.53. The Morgan fingerprint density at radius 3 is 2.69 bits per heavy atom. The van der Waals surface area contributed by atoms with Gasteiger partial charge in [0.2, 0.25) is 0 Å². The normalized spacial score (nSPS) is 19.1. The van der Waals surface area contributed by atoms with Crippen LogP contribution in [0.15, 0.2) is 18.2 Å². The zero-order valence-electron chi connectivity index (χ0n) is 20.2. The van der Waals surface area contributed by atoms with Crippen molar-refractivity contribution in [1.82, 2.24) is 19.8 Å². The fourth-order valence-electron chi connectivity index (χ4n) is 4.75. The van der Waals surface area contributed by atoms with E-state index in [1.165, 1.54) is 0 Å². The molecule has 2 aliphatic rings. The second kappa shape index (κ2) is 8.70. The van der Waals surface area contributed by atoms with E-state index in [1.54, 1.807) is 0 Å². The highest BCUT2D eigenvalue weighted by Crippen LogP contribution is 2.33. The molecule has 7 heteroatoms. The number of hydrogen-bond acceptors (Lipinski definition) is 6. The molecule has 1 saturated heterocycles. The number of likely N-dealkylation sites (tertiary alicyclic amines) is 1. The summed E-state index contributed by atoms with van der Waals surface area (Å²) in [5.41, 5.74) is 3.31. The van der Waals surface area contributed by atoms with Gasteiger partial charge < -0.3 is 15.0 Å². The third-order valence-corrected chi connectivity index (χ3v) is 6.86. The van der Waals surface area contributed by atoms with Gasteiger partial charge >= 0.3 is 0 Å². The lowest BCUT2D eigenvalue weighted by Gasteiger charge is -2.36. The Balaban J connectivity index is 1.57. The summed E-state index contributed by atoms with van der Waals surface area (Å²) >= 11 is 0. The molecular weight excluding hydrogens is 402 g/mol. The molecule has 1 aromatic heterocycles. The number of rotatable bonds is 5. The molecule has 2 aliphatic heterocycles. The van der Waals surface area contributed by atoms with E-state index >= 15 is 0 Å². The van der Waals surface area contributed by atoms with Crippen LogP contribution in [0, 0.1) is 13.8 Å². The molecule has 0 bridgehead atoms. The fraction of sp³-hybridized carbons (Fsp3) is 0.560. The number of aromatic nitrogens is 2. The number of nitrogens with zero attached hydrogens (tertiary/aromatic N) is 4. The highest BCUT2D eigenvalue weighted by Gasteiger charge is 2.37. The number of amides is 1. The van der Waals surface area contributed by atoms with E-state index in [0.29, 0.717) is 13.1 Å². The number of carbonyl (C=O) groups excluding carboxylic acids is 1. The van der Waals surface area contributed by atoms with Crippen molar-refractivity contribution in [3.63, 3.8) is 0 Å². The Bertz CT molecular complexity index is 1020. The predicted octanol–water partition coefficient (Wildman–Crippen LogP) is 3.64. The first-order valence-electron chi connectivity index (χ1n) is 11.5. The topological polar surface area (TPSA) is 70.6 Å². The van der Waals surface area contributed by atoms with Gasteiger partial charge in [-0.1, -0.05) is 12.1 Å². The van der Waals surface area contributed by atoms with Crippen molar-refractivity contribution in [3.05, 3.63) is 46.4 Å². The third-order valence-electron chi connectivity index (χ3n) is 6.86. The van der Waals surface area contributed by atoms with Crippen molar-refractivity contribution in [2.24, 2.45) is 0 Å². The molecule has 0 radical (unpaired) electrons. The van der Waals surface area contributed by atoms with Crippen LogP contribution in [0.2, 0.25) is 0 Å². The predicted molar refractivity (Wildman–Crippen MR) is 126 cm³/mol. The van der Waals surface area contributed by atoms with Crippen LogP contribution in [0.3, 0.4) is 0 Å². The largest absolute Gasteiger partial charge is 0.478 e. The summed E-state index contributed by atoms with van der Waals surface area (Å²) in [5, 5.41) is 3.25. The summed E-state index contributed by atoms with van der Waals surface area (Å²) in [4.78, 5) is 27.5. The van der Waals surface area contributed by atoms with E-state index in [2.05, 4.69) is 30.3 Å². The van der Waals surface area contributed by atoms with Gasteiger partial charge in [0.05, 0.1) is 18.3 Å². The first-order valence-corrected chi connectivity index (χ1v) is 11.5. The molecule has 0 spiro atoms. The second-order valence-corrected chi connectivity index (χ2v) is 9.53. The maximum absolute atomic E-state index is 13.5. The van der Waals surface area contributed by atoms with Crippen molar-refractivity contribution >= 4 is 11.7 Å². The van der Waals surface area contributed by atoms with Crippen LogP contribution in [-0.2, 0) is 17.8 Å². The molecular formula is C25H35N5O2. The Morgan fingerprint density at radius 1 is 1.22 bits per heavy atom. The van der Waals surface area contributed by atoms with E-state index in [0.717, 1.165) is 65.6 Å². The molecule has 3 heterocycles. The molecule has 0 unspecified atom stereocenters. The number of hydrogen-bond donors (Lipinski definition) is 1. The van der Waals surface area contributed by atoms with Crippen LogP contribution in [0.5, 0.6) is 5.75 Å². The minimum absolute atomic E-state index is 0.0202. The Morgan fingerprint density at radius 2 is 2.00 bits per heavy atom. The Labute approximate surface area is 191 Å². The molecule has 1 aromatic carbocycles. The molecule has 1 N–H and O–H groups in total. The highest BCUT2D eigenvalue weighted by atomic mass is 16.5.